The molecule has 1 unspecified atom stereocenters. The topological polar surface area (TPSA) is 46.5 Å². The average Bonchev–Trinajstić information content (AvgIpc) is 2.22. The number of carbonyl (C=O) groups excluding carboxylic acids is 1. The van der Waals surface area contributed by atoms with Gasteiger partial charge in [0, 0.05) is 0 Å². The number of esters is 1. The van der Waals surface area contributed by atoms with E-state index in [2.05, 4.69) is 4.74 Å². The van der Waals surface area contributed by atoms with Crippen LogP contribution in [0.25, 0.3) is 0 Å². The molecular formula is C10H17FO3. The number of halogens is 1. The summed E-state index contributed by atoms with van der Waals surface area (Å²) >= 11 is 0. The summed E-state index contributed by atoms with van der Waals surface area (Å²) in [5.74, 6) is -1.04. The summed E-state index contributed by atoms with van der Waals surface area (Å²) in [7, 11) is 1.33. The molecular weight excluding hydrogens is 187 g/mol. The molecule has 0 aliphatic heterocycles. The van der Waals surface area contributed by atoms with Crippen LogP contribution < -0.4 is 0 Å². The van der Waals surface area contributed by atoms with E-state index in [0.29, 0.717) is 18.4 Å². The van der Waals surface area contributed by atoms with Crippen molar-refractivity contribution in [1.82, 2.24) is 0 Å². The zero-order valence-corrected chi connectivity index (χ0v) is 8.84. The number of allylic oxidation sites excluding steroid dienone is 1. The van der Waals surface area contributed by atoms with Gasteiger partial charge in [0.15, 0.2) is 0 Å². The van der Waals surface area contributed by atoms with Gasteiger partial charge in [-0.1, -0.05) is 6.92 Å². The van der Waals surface area contributed by atoms with Crippen LogP contribution in [0.5, 0.6) is 0 Å². The van der Waals surface area contributed by atoms with Gasteiger partial charge in [0.05, 0.1) is 19.6 Å². The zero-order valence-electron chi connectivity index (χ0n) is 8.84. The van der Waals surface area contributed by atoms with E-state index in [9.17, 15) is 9.18 Å². The van der Waals surface area contributed by atoms with Gasteiger partial charge in [0.25, 0.3) is 0 Å². The van der Waals surface area contributed by atoms with Gasteiger partial charge in [-0.05, 0) is 25.3 Å². The van der Waals surface area contributed by atoms with E-state index in [1.807, 2.05) is 0 Å². The molecule has 0 rings (SSSR count). The van der Waals surface area contributed by atoms with E-state index in [0.717, 1.165) is 0 Å². The highest BCUT2D eigenvalue weighted by atomic mass is 19.1. The molecule has 0 radical (unpaired) electrons. The van der Waals surface area contributed by atoms with Crippen LogP contribution in [-0.4, -0.2) is 24.8 Å². The third-order valence-corrected chi connectivity index (χ3v) is 2.16. The lowest BCUT2D eigenvalue weighted by Crippen LogP contribution is -2.12. The quantitative estimate of drug-likeness (QED) is 0.695. The predicted octanol–water partition coefficient (Wildman–Crippen LogP) is 1.81. The molecule has 14 heavy (non-hydrogen) atoms. The van der Waals surface area contributed by atoms with Gasteiger partial charge in [0.2, 0.25) is 0 Å². The van der Waals surface area contributed by atoms with Crippen LogP contribution in [-0.2, 0) is 9.53 Å². The molecule has 0 aromatic rings. The van der Waals surface area contributed by atoms with Gasteiger partial charge < -0.3 is 9.84 Å². The van der Waals surface area contributed by atoms with E-state index in [4.69, 9.17) is 5.11 Å². The molecule has 0 aromatic carbocycles. The molecule has 0 amide bonds. The van der Waals surface area contributed by atoms with Crippen LogP contribution >= 0.6 is 0 Å². The minimum absolute atomic E-state index is 0.235. The number of hydrogen-bond donors (Lipinski definition) is 1. The summed E-state index contributed by atoms with van der Waals surface area (Å²) in [5.41, 5.74) is 0.489. The van der Waals surface area contributed by atoms with Crippen LogP contribution in [0.2, 0.25) is 0 Å². The van der Waals surface area contributed by atoms with Crippen molar-refractivity contribution in [2.24, 2.45) is 5.92 Å². The molecule has 0 aliphatic rings. The monoisotopic (exact) mass is 204 g/mol. The minimum Gasteiger partial charge on any atom is -0.469 e. The molecule has 0 bridgehead atoms. The number of rotatable bonds is 5. The highest BCUT2D eigenvalue weighted by Gasteiger charge is 2.13. The summed E-state index contributed by atoms with van der Waals surface area (Å²) in [6.45, 7) is 2.77. The minimum atomic E-state index is -0.571. The first-order valence-corrected chi connectivity index (χ1v) is 4.55. The van der Waals surface area contributed by atoms with Gasteiger partial charge in [-0.3, -0.25) is 4.79 Å². The average molecular weight is 204 g/mol. The standard InChI is InChI=1S/C10H17FO3/c1-7(9(11)6-12)4-5-8(2)10(13)14-3/h8,12H,4-6H2,1-3H3/b9-7+. The second-order valence-electron chi connectivity index (χ2n) is 3.31. The van der Waals surface area contributed by atoms with Crippen molar-refractivity contribution in [2.45, 2.75) is 26.7 Å². The maximum atomic E-state index is 12.8. The third kappa shape index (κ3) is 4.37. The zero-order chi connectivity index (χ0) is 11.1. The van der Waals surface area contributed by atoms with E-state index >= 15 is 0 Å². The second kappa shape index (κ2) is 6.54. The molecule has 4 heteroatoms. The first-order valence-electron chi connectivity index (χ1n) is 4.55. The Morgan fingerprint density at radius 3 is 2.57 bits per heavy atom. The Morgan fingerprint density at radius 1 is 1.57 bits per heavy atom. The lowest BCUT2D eigenvalue weighted by molar-refractivity contribution is -0.145. The molecule has 0 spiro atoms. The summed E-state index contributed by atoms with van der Waals surface area (Å²) < 4.78 is 17.3. The lowest BCUT2D eigenvalue weighted by atomic mass is 10.0. The van der Waals surface area contributed by atoms with Crippen LogP contribution in [0.15, 0.2) is 11.4 Å². The molecule has 0 saturated carbocycles. The van der Waals surface area contributed by atoms with Crippen LogP contribution in [0, 0.1) is 5.92 Å². The van der Waals surface area contributed by atoms with Gasteiger partial charge >= 0.3 is 5.97 Å². The number of carbonyl (C=O) groups is 1. The number of aliphatic hydroxyl groups is 1. The summed E-state index contributed by atoms with van der Waals surface area (Å²) in [5, 5.41) is 8.50. The van der Waals surface area contributed by atoms with Crippen molar-refractivity contribution in [3.63, 3.8) is 0 Å². The Labute approximate surface area is 83.6 Å². The van der Waals surface area contributed by atoms with Gasteiger partial charge in [0.1, 0.15) is 5.83 Å². The van der Waals surface area contributed by atoms with Crippen molar-refractivity contribution < 1.29 is 19.0 Å². The fraction of sp³-hybridized carbons (Fsp3) is 0.700. The third-order valence-electron chi connectivity index (χ3n) is 2.16. The molecule has 0 heterocycles. The van der Waals surface area contributed by atoms with Crippen molar-refractivity contribution >= 4 is 5.97 Å². The summed E-state index contributed by atoms with van der Waals surface area (Å²) in [4.78, 5) is 11.0. The summed E-state index contributed by atoms with van der Waals surface area (Å²) in [6.07, 6.45) is 0.995. The van der Waals surface area contributed by atoms with E-state index in [1.54, 1.807) is 13.8 Å². The van der Waals surface area contributed by atoms with E-state index < -0.39 is 12.4 Å². The maximum absolute atomic E-state index is 12.8. The largest absolute Gasteiger partial charge is 0.469 e. The number of aliphatic hydroxyl groups excluding tert-OH is 1. The highest BCUT2D eigenvalue weighted by molar-refractivity contribution is 5.71. The molecule has 1 atom stereocenters. The Balaban J connectivity index is 4.00. The number of ether oxygens (including phenoxy) is 1. The molecule has 82 valence electrons. The fourth-order valence-electron chi connectivity index (χ4n) is 1.02. The van der Waals surface area contributed by atoms with Crippen molar-refractivity contribution in [3.8, 4) is 0 Å². The van der Waals surface area contributed by atoms with Crippen molar-refractivity contribution in [3.05, 3.63) is 11.4 Å². The Kier molecular flexibility index (Phi) is 6.12. The molecule has 0 fully saturated rings. The van der Waals surface area contributed by atoms with Crippen molar-refractivity contribution in [2.75, 3.05) is 13.7 Å². The SMILES string of the molecule is COC(=O)C(C)CC/C(C)=C(/F)CO. The first kappa shape index (κ1) is 13.1. The van der Waals surface area contributed by atoms with Crippen LogP contribution in [0.4, 0.5) is 4.39 Å². The Bertz CT molecular complexity index is 223. The van der Waals surface area contributed by atoms with E-state index in [1.165, 1.54) is 7.11 Å². The van der Waals surface area contributed by atoms with Gasteiger partial charge in [-0.2, -0.15) is 0 Å². The van der Waals surface area contributed by atoms with Crippen LogP contribution in [0.3, 0.4) is 0 Å². The molecule has 1 N–H and O–H groups in total. The molecule has 3 nitrogen and oxygen atoms in total. The predicted molar refractivity (Wildman–Crippen MR) is 51.3 cm³/mol. The van der Waals surface area contributed by atoms with Gasteiger partial charge in [-0.15, -0.1) is 0 Å². The number of methoxy groups -OCH3 is 1. The molecule has 0 aromatic heterocycles. The summed E-state index contributed by atoms with van der Waals surface area (Å²) in [6, 6.07) is 0. The van der Waals surface area contributed by atoms with Crippen LogP contribution in [0.1, 0.15) is 26.7 Å². The molecule has 0 aliphatic carbocycles. The van der Waals surface area contributed by atoms with Crippen molar-refractivity contribution in [1.29, 1.82) is 0 Å². The Morgan fingerprint density at radius 2 is 2.14 bits per heavy atom. The Hall–Kier alpha value is -0.900. The number of hydrogen-bond acceptors (Lipinski definition) is 3. The second-order valence-corrected chi connectivity index (χ2v) is 3.31. The normalized spacial score (nSPS) is 14.6. The maximum Gasteiger partial charge on any atom is 0.308 e. The fourth-order valence-corrected chi connectivity index (χ4v) is 1.02. The first-order chi connectivity index (χ1) is 6.52. The highest BCUT2D eigenvalue weighted by Crippen LogP contribution is 2.16. The smallest absolute Gasteiger partial charge is 0.308 e. The van der Waals surface area contributed by atoms with E-state index in [-0.39, 0.29) is 11.9 Å². The van der Waals surface area contributed by atoms with Gasteiger partial charge in [-0.25, -0.2) is 4.39 Å². The molecule has 0 saturated heterocycles. The lowest BCUT2D eigenvalue weighted by Gasteiger charge is -2.09.